The predicted octanol–water partition coefficient (Wildman–Crippen LogP) is 1.38. The van der Waals surface area contributed by atoms with Gasteiger partial charge in [-0.05, 0) is 23.6 Å². The van der Waals surface area contributed by atoms with Crippen LogP contribution in [-0.4, -0.2) is 30.0 Å². The first-order chi connectivity index (χ1) is 8.91. The number of carbonyl (C=O) groups is 2. The van der Waals surface area contributed by atoms with E-state index < -0.39 is 0 Å². The van der Waals surface area contributed by atoms with Gasteiger partial charge in [0.1, 0.15) is 5.75 Å². The standard InChI is InChI=1S/C14H20N2O3/c1-9(2)11-4-5-13(18)12(8-11)14(19)16-7-6-15-10(3)17/h4-5,8-9,18H,6-7H2,1-3H3,(H,15,17)(H,16,19). The van der Waals surface area contributed by atoms with E-state index in [1.807, 2.05) is 13.8 Å². The summed E-state index contributed by atoms with van der Waals surface area (Å²) in [6.45, 7) is 6.14. The molecule has 0 radical (unpaired) electrons. The Morgan fingerprint density at radius 1 is 1.21 bits per heavy atom. The number of aromatic hydroxyl groups is 1. The summed E-state index contributed by atoms with van der Waals surface area (Å²) >= 11 is 0. The van der Waals surface area contributed by atoms with Crippen molar-refractivity contribution in [3.8, 4) is 5.75 Å². The zero-order valence-electron chi connectivity index (χ0n) is 11.5. The Bertz CT molecular complexity index is 470. The number of amides is 2. The first kappa shape index (κ1) is 15.0. The Balaban J connectivity index is 2.65. The third-order valence-electron chi connectivity index (χ3n) is 2.72. The summed E-state index contributed by atoms with van der Waals surface area (Å²) in [5.41, 5.74) is 1.25. The Hall–Kier alpha value is -2.04. The van der Waals surface area contributed by atoms with Crippen LogP contribution in [-0.2, 0) is 4.79 Å². The lowest BCUT2D eigenvalue weighted by Crippen LogP contribution is -2.33. The molecule has 5 heteroatoms. The van der Waals surface area contributed by atoms with Gasteiger partial charge in [0.25, 0.3) is 5.91 Å². The van der Waals surface area contributed by atoms with Gasteiger partial charge in [-0.2, -0.15) is 0 Å². The predicted molar refractivity (Wildman–Crippen MR) is 73.2 cm³/mol. The summed E-state index contributed by atoms with van der Waals surface area (Å²) in [6.07, 6.45) is 0. The van der Waals surface area contributed by atoms with Crippen molar-refractivity contribution in [1.82, 2.24) is 10.6 Å². The number of rotatable bonds is 5. The van der Waals surface area contributed by atoms with Crippen molar-refractivity contribution in [2.45, 2.75) is 26.7 Å². The molecule has 1 aromatic rings. The highest BCUT2D eigenvalue weighted by Gasteiger charge is 2.12. The molecule has 0 aliphatic rings. The second-order valence-corrected chi connectivity index (χ2v) is 4.67. The Labute approximate surface area is 113 Å². The fraction of sp³-hybridized carbons (Fsp3) is 0.429. The van der Waals surface area contributed by atoms with Gasteiger partial charge in [0.15, 0.2) is 0 Å². The van der Waals surface area contributed by atoms with E-state index in [0.29, 0.717) is 13.1 Å². The van der Waals surface area contributed by atoms with Crippen molar-refractivity contribution < 1.29 is 14.7 Å². The van der Waals surface area contributed by atoms with Crippen LogP contribution in [0.2, 0.25) is 0 Å². The summed E-state index contributed by atoms with van der Waals surface area (Å²) in [5, 5.41) is 14.9. The van der Waals surface area contributed by atoms with Crippen LogP contribution in [0, 0.1) is 0 Å². The summed E-state index contributed by atoms with van der Waals surface area (Å²) in [4.78, 5) is 22.6. The molecule has 5 nitrogen and oxygen atoms in total. The zero-order valence-corrected chi connectivity index (χ0v) is 11.5. The Morgan fingerprint density at radius 2 is 1.84 bits per heavy atom. The van der Waals surface area contributed by atoms with Crippen molar-refractivity contribution >= 4 is 11.8 Å². The highest BCUT2D eigenvalue weighted by atomic mass is 16.3. The molecule has 0 fully saturated rings. The minimum absolute atomic E-state index is 0.0403. The van der Waals surface area contributed by atoms with E-state index in [-0.39, 0.29) is 29.0 Å². The van der Waals surface area contributed by atoms with Gasteiger partial charge in [0, 0.05) is 20.0 Å². The van der Waals surface area contributed by atoms with Gasteiger partial charge >= 0.3 is 0 Å². The minimum atomic E-state index is -0.342. The number of hydrogen-bond acceptors (Lipinski definition) is 3. The molecule has 0 atom stereocenters. The molecular formula is C14H20N2O3. The van der Waals surface area contributed by atoms with Gasteiger partial charge < -0.3 is 15.7 Å². The normalized spacial score (nSPS) is 10.3. The zero-order chi connectivity index (χ0) is 14.4. The number of phenolic OH excluding ortho intramolecular Hbond substituents is 1. The van der Waals surface area contributed by atoms with Crippen LogP contribution >= 0.6 is 0 Å². The molecule has 104 valence electrons. The molecule has 3 N–H and O–H groups in total. The van der Waals surface area contributed by atoms with Gasteiger partial charge in [-0.1, -0.05) is 19.9 Å². The second kappa shape index (κ2) is 6.78. The van der Waals surface area contributed by atoms with E-state index in [1.165, 1.54) is 13.0 Å². The number of hydrogen-bond donors (Lipinski definition) is 3. The van der Waals surface area contributed by atoms with Gasteiger partial charge in [-0.25, -0.2) is 0 Å². The molecule has 0 unspecified atom stereocenters. The fourth-order valence-corrected chi connectivity index (χ4v) is 1.60. The van der Waals surface area contributed by atoms with E-state index in [0.717, 1.165) is 5.56 Å². The lowest BCUT2D eigenvalue weighted by atomic mass is 10.00. The first-order valence-electron chi connectivity index (χ1n) is 6.27. The minimum Gasteiger partial charge on any atom is -0.507 e. The maximum Gasteiger partial charge on any atom is 0.255 e. The van der Waals surface area contributed by atoms with Crippen LogP contribution in [0.5, 0.6) is 5.75 Å². The van der Waals surface area contributed by atoms with E-state index in [4.69, 9.17) is 0 Å². The number of carbonyl (C=O) groups excluding carboxylic acids is 2. The van der Waals surface area contributed by atoms with Crippen LogP contribution in [0.25, 0.3) is 0 Å². The van der Waals surface area contributed by atoms with Crippen molar-refractivity contribution in [1.29, 1.82) is 0 Å². The van der Waals surface area contributed by atoms with E-state index in [1.54, 1.807) is 12.1 Å². The van der Waals surface area contributed by atoms with E-state index in [2.05, 4.69) is 10.6 Å². The Kier molecular flexibility index (Phi) is 5.36. The molecule has 0 saturated heterocycles. The molecule has 0 aliphatic carbocycles. The van der Waals surface area contributed by atoms with E-state index >= 15 is 0 Å². The van der Waals surface area contributed by atoms with Gasteiger partial charge in [0.05, 0.1) is 5.56 Å². The summed E-state index contributed by atoms with van der Waals surface area (Å²) in [6, 6.07) is 5.01. The second-order valence-electron chi connectivity index (χ2n) is 4.67. The third kappa shape index (κ3) is 4.62. The average Bonchev–Trinajstić information content (AvgIpc) is 2.34. The molecule has 2 amide bonds. The maximum atomic E-state index is 11.9. The molecule has 0 heterocycles. The molecule has 0 aliphatic heterocycles. The molecule has 0 aromatic heterocycles. The fourth-order valence-electron chi connectivity index (χ4n) is 1.60. The number of nitrogens with one attached hydrogen (secondary N) is 2. The molecule has 1 rings (SSSR count). The summed E-state index contributed by atoms with van der Waals surface area (Å²) < 4.78 is 0. The first-order valence-corrected chi connectivity index (χ1v) is 6.27. The topological polar surface area (TPSA) is 78.4 Å². The summed E-state index contributed by atoms with van der Waals surface area (Å²) in [7, 11) is 0. The van der Waals surface area contributed by atoms with Gasteiger partial charge in [-0.15, -0.1) is 0 Å². The molecular weight excluding hydrogens is 244 g/mol. The molecule has 1 aromatic carbocycles. The maximum absolute atomic E-state index is 11.9. The van der Waals surface area contributed by atoms with Gasteiger partial charge in [0.2, 0.25) is 5.91 Å². The lowest BCUT2D eigenvalue weighted by Gasteiger charge is -2.11. The monoisotopic (exact) mass is 264 g/mol. The largest absolute Gasteiger partial charge is 0.507 e. The number of phenols is 1. The number of benzene rings is 1. The highest BCUT2D eigenvalue weighted by Crippen LogP contribution is 2.22. The molecule has 0 saturated carbocycles. The van der Waals surface area contributed by atoms with Crippen molar-refractivity contribution in [2.75, 3.05) is 13.1 Å². The lowest BCUT2D eigenvalue weighted by molar-refractivity contribution is -0.118. The molecule has 0 spiro atoms. The summed E-state index contributed by atoms with van der Waals surface area (Å²) in [5.74, 6) is -0.239. The van der Waals surface area contributed by atoms with Crippen LogP contribution in [0.3, 0.4) is 0 Å². The third-order valence-corrected chi connectivity index (χ3v) is 2.72. The van der Waals surface area contributed by atoms with Crippen LogP contribution in [0.1, 0.15) is 42.6 Å². The van der Waals surface area contributed by atoms with Crippen LogP contribution < -0.4 is 10.6 Å². The van der Waals surface area contributed by atoms with Crippen LogP contribution in [0.15, 0.2) is 18.2 Å². The Morgan fingerprint density at radius 3 is 2.42 bits per heavy atom. The molecule has 19 heavy (non-hydrogen) atoms. The molecule has 0 bridgehead atoms. The van der Waals surface area contributed by atoms with Crippen molar-refractivity contribution in [2.24, 2.45) is 0 Å². The van der Waals surface area contributed by atoms with Crippen molar-refractivity contribution in [3.05, 3.63) is 29.3 Å². The average molecular weight is 264 g/mol. The quantitative estimate of drug-likeness (QED) is 0.703. The highest BCUT2D eigenvalue weighted by molar-refractivity contribution is 5.97. The van der Waals surface area contributed by atoms with Crippen molar-refractivity contribution in [3.63, 3.8) is 0 Å². The van der Waals surface area contributed by atoms with Crippen LogP contribution in [0.4, 0.5) is 0 Å². The SMILES string of the molecule is CC(=O)NCCNC(=O)c1cc(C(C)C)ccc1O. The van der Waals surface area contributed by atoms with Gasteiger partial charge in [-0.3, -0.25) is 9.59 Å². The van der Waals surface area contributed by atoms with E-state index in [9.17, 15) is 14.7 Å². The smallest absolute Gasteiger partial charge is 0.255 e.